The van der Waals surface area contributed by atoms with E-state index in [4.69, 9.17) is 9.26 Å². The SMILES string of the molecule is COc1ccc(-c2noc(-c3ccc(-c4cccc(CO)c4)nc3)n2)cc1. The van der Waals surface area contributed by atoms with Crippen LogP contribution < -0.4 is 4.74 Å². The Balaban J connectivity index is 1.58. The van der Waals surface area contributed by atoms with Gasteiger partial charge in [0.2, 0.25) is 5.82 Å². The van der Waals surface area contributed by atoms with E-state index in [0.717, 1.165) is 33.7 Å². The highest BCUT2D eigenvalue weighted by atomic mass is 16.5. The van der Waals surface area contributed by atoms with Crippen molar-refractivity contribution in [3.05, 3.63) is 72.4 Å². The summed E-state index contributed by atoms with van der Waals surface area (Å²) in [5.41, 5.74) is 4.18. The third-order valence-electron chi connectivity index (χ3n) is 4.19. The quantitative estimate of drug-likeness (QED) is 0.581. The van der Waals surface area contributed by atoms with Gasteiger partial charge in [-0.15, -0.1) is 0 Å². The minimum absolute atomic E-state index is 0.00203. The third kappa shape index (κ3) is 3.56. The van der Waals surface area contributed by atoms with Crippen molar-refractivity contribution in [1.82, 2.24) is 15.1 Å². The monoisotopic (exact) mass is 359 g/mol. The highest BCUT2D eigenvalue weighted by molar-refractivity contribution is 5.64. The second-order valence-electron chi connectivity index (χ2n) is 5.94. The maximum Gasteiger partial charge on any atom is 0.259 e. The van der Waals surface area contributed by atoms with E-state index < -0.39 is 0 Å². The van der Waals surface area contributed by atoms with Crippen LogP contribution in [0.25, 0.3) is 34.1 Å². The Morgan fingerprint density at radius 3 is 2.48 bits per heavy atom. The smallest absolute Gasteiger partial charge is 0.259 e. The number of rotatable bonds is 5. The molecule has 4 rings (SSSR count). The number of hydrogen-bond acceptors (Lipinski definition) is 6. The van der Waals surface area contributed by atoms with Crippen molar-refractivity contribution in [3.63, 3.8) is 0 Å². The predicted molar refractivity (Wildman–Crippen MR) is 101 cm³/mol. The first-order valence-corrected chi connectivity index (χ1v) is 8.41. The minimum Gasteiger partial charge on any atom is -0.497 e. The molecular formula is C21H17N3O3. The highest BCUT2D eigenvalue weighted by Gasteiger charge is 2.11. The van der Waals surface area contributed by atoms with Crippen LogP contribution in [0.4, 0.5) is 0 Å². The number of aromatic nitrogens is 3. The molecule has 2 aromatic carbocycles. The van der Waals surface area contributed by atoms with Crippen LogP contribution in [0.1, 0.15) is 5.56 Å². The third-order valence-corrected chi connectivity index (χ3v) is 4.19. The molecule has 2 aromatic heterocycles. The molecule has 0 aliphatic heterocycles. The number of benzene rings is 2. The fourth-order valence-corrected chi connectivity index (χ4v) is 2.72. The molecule has 0 fully saturated rings. The Morgan fingerprint density at radius 2 is 1.78 bits per heavy atom. The van der Waals surface area contributed by atoms with Gasteiger partial charge in [-0.3, -0.25) is 4.98 Å². The number of pyridine rings is 1. The molecule has 0 atom stereocenters. The molecule has 0 amide bonds. The summed E-state index contributed by atoms with van der Waals surface area (Å²) in [6.45, 7) is 0.00203. The van der Waals surface area contributed by atoms with Gasteiger partial charge in [0.15, 0.2) is 0 Å². The molecule has 0 aliphatic rings. The van der Waals surface area contributed by atoms with Gasteiger partial charge in [0, 0.05) is 17.3 Å². The summed E-state index contributed by atoms with van der Waals surface area (Å²) in [5, 5.41) is 13.3. The van der Waals surface area contributed by atoms with E-state index in [1.807, 2.05) is 60.7 Å². The molecule has 27 heavy (non-hydrogen) atoms. The summed E-state index contributed by atoms with van der Waals surface area (Å²) in [6, 6.07) is 18.9. The molecule has 0 radical (unpaired) electrons. The second-order valence-corrected chi connectivity index (χ2v) is 5.94. The normalized spacial score (nSPS) is 10.7. The first-order valence-electron chi connectivity index (χ1n) is 8.41. The van der Waals surface area contributed by atoms with Crippen molar-refractivity contribution < 1.29 is 14.4 Å². The standard InChI is InChI=1S/C21H17N3O3/c1-26-18-8-5-15(6-9-18)20-23-21(27-24-20)17-7-10-19(22-12-17)16-4-2-3-14(11-16)13-25/h2-12,25H,13H2,1H3. The number of methoxy groups -OCH3 is 1. The van der Waals surface area contributed by atoms with Gasteiger partial charge in [-0.05, 0) is 48.0 Å². The maximum absolute atomic E-state index is 9.27. The summed E-state index contributed by atoms with van der Waals surface area (Å²) >= 11 is 0. The zero-order valence-electron chi connectivity index (χ0n) is 14.7. The van der Waals surface area contributed by atoms with Crippen LogP contribution in [0, 0.1) is 0 Å². The van der Waals surface area contributed by atoms with Gasteiger partial charge in [0.05, 0.1) is 25.0 Å². The summed E-state index contributed by atoms with van der Waals surface area (Å²) in [5.74, 6) is 1.68. The lowest BCUT2D eigenvalue weighted by Gasteiger charge is -2.03. The molecule has 0 aliphatic carbocycles. The molecule has 6 heteroatoms. The molecule has 4 aromatic rings. The summed E-state index contributed by atoms with van der Waals surface area (Å²) in [7, 11) is 1.62. The van der Waals surface area contributed by atoms with E-state index in [1.54, 1.807) is 13.3 Å². The molecule has 0 spiro atoms. The average molecular weight is 359 g/mol. The summed E-state index contributed by atoms with van der Waals surface area (Å²) < 4.78 is 10.5. The van der Waals surface area contributed by atoms with Gasteiger partial charge in [-0.25, -0.2) is 0 Å². The van der Waals surface area contributed by atoms with Crippen molar-refractivity contribution in [2.75, 3.05) is 7.11 Å². The van der Waals surface area contributed by atoms with Crippen LogP contribution >= 0.6 is 0 Å². The van der Waals surface area contributed by atoms with Gasteiger partial charge in [0.1, 0.15) is 5.75 Å². The maximum atomic E-state index is 9.27. The van der Waals surface area contributed by atoms with E-state index in [2.05, 4.69) is 15.1 Å². The summed E-state index contributed by atoms with van der Waals surface area (Å²) in [4.78, 5) is 8.92. The predicted octanol–water partition coefficient (Wildman–Crippen LogP) is 3.97. The van der Waals surface area contributed by atoms with Gasteiger partial charge in [0.25, 0.3) is 5.89 Å². The number of hydrogen-bond donors (Lipinski definition) is 1. The lowest BCUT2D eigenvalue weighted by atomic mass is 10.1. The van der Waals surface area contributed by atoms with Crippen LogP contribution in [0.15, 0.2) is 71.4 Å². The van der Waals surface area contributed by atoms with Crippen molar-refractivity contribution in [1.29, 1.82) is 0 Å². The Hall–Kier alpha value is -3.51. The van der Waals surface area contributed by atoms with E-state index in [1.165, 1.54) is 0 Å². The Morgan fingerprint density at radius 1 is 0.963 bits per heavy atom. The molecule has 0 saturated heterocycles. The van der Waals surface area contributed by atoms with Crippen LogP contribution in [0.5, 0.6) is 5.75 Å². The molecule has 1 N–H and O–H groups in total. The van der Waals surface area contributed by atoms with Crippen LogP contribution in [0.3, 0.4) is 0 Å². The average Bonchev–Trinajstić information content (AvgIpc) is 3.24. The Kier molecular flexibility index (Phi) is 4.63. The van der Waals surface area contributed by atoms with Crippen LogP contribution in [-0.2, 0) is 6.61 Å². The van der Waals surface area contributed by atoms with E-state index >= 15 is 0 Å². The first kappa shape index (κ1) is 16.9. The topological polar surface area (TPSA) is 81.3 Å². The number of ether oxygens (including phenoxy) is 1. The molecule has 0 unspecified atom stereocenters. The molecule has 0 saturated carbocycles. The van der Waals surface area contributed by atoms with Gasteiger partial charge >= 0.3 is 0 Å². The number of aliphatic hydroxyl groups is 1. The lowest BCUT2D eigenvalue weighted by molar-refractivity contribution is 0.282. The number of aliphatic hydroxyl groups excluding tert-OH is 1. The first-order chi connectivity index (χ1) is 13.3. The Bertz CT molecular complexity index is 1040. The van der Waals surface area contributed by atoms with Gasteiger partial charge in [-0.2, -0.15) is 4.98 Å². The van der Waals surface area contributed by atoms with Crippen molar-refractivity contribution in [3.8, 4) is 39.8 Å². The Labute approximate surface area is 156 Å². The largest absolute Gasteiger partial charge is 0.497 e. The fraction of sp³-hybridized carbons (Fsp3) is 0.0952. The van der Waals surface area contributed by atoms with Crippen molar-refractivity contribution in [2.45, 2.75) is 6.61 Å². The van der Waals surface area contributed by atoms with Gasteiger partial charge < -0.3 is 14.4 Å². The van der Waals surface area contributed by atoms with Gasteiger partial charge in [-0.1, -0.05) is 23.4 Å². The molecule has 2 heterocycles. The van der Waals surface area contributed by atoms with E-state index in [-0.39, 0.29) is 6.61 Å². The van der Waals surface area contributed by atoms with Crippen LogP contribution in [-0.4, -0.2) is 27.3 Å². The van der Waals surface area contributed by atoms with E-state index in [0.29, 0.717) is 11.7 Å². The molecule has 6 nitrogen and oxygen atoms in total. The molecule has 0 bridgehead atoms. The molecule has 134 valence electrons. The second kappa shape index (κ2) is 7.39. The molecular weight excluding hydrogens is 342 g/mol. The van der Waals surface area contributed by atoms with E-state index in [9.17, 15) is 5.11 Å². The minimum atomic E-state index is 0.00203. The van der Waals surface area contributed by atoms with Crippen LogP contribution in [0.2, 0.25) is 0 Å². The zero-order chi connectivity index (χ0) is 18.6. The summed E-state index contributed by atoms with van der Waals surface area (Å²) in [6.07, 6.45) is 1.70. The zero-order valence-corrected chi connectivity index (χ0v) is 14.7. The number of nitrogens with zero attached hydrogens (tertiary/aromatic N) is 3. The highest BCUT2D eigenvalue weighted by Crippen LogP contribution is 2.25. The fourth-order valence-electron chi connectivity index (χ4n) is 2.72. The lowest BCUT2D eigenvalue weighted by Crippen LogP contribution is -1.88. The van der Waals surface area contributed by atoms with Crippen molar-refractivity contribution in [2.24, 2.45) is 0 Å². The van der Waals surface area contributed by atoms with Crippen molar-refractivity contribution >= 4 is 0 Å².